The smallest absolute Gasteiger partial charge is 0.416 e. The van der Waals surface area contributed by atoms with Crippen LogP contribution in [-0.2, 0) is 11.0 Å². The molecule has 7 heteroatoms. The molecule has 160 valence electrons. The van der Waals surface area contributed by atoms with E-state index < -0.39 is 17.3 Å². The first-order valence-corrected chi connectivity index (χ1v) is 10.3. The summed E-state index contributed by atoms with van der Waals surface area (Å²) in [6.45, 7) is 6.72. The normalized spacial score (nSPS) is 20.5. The molecule has 1 saturated heterocycles. The molecule has 0 aromatic heterocycles. The first-order valence-electron chi connectivity index (χ1n) is 10.3. The van der Waals surface area contributed by atoms with Gasteiger partial charge < -0.3 is 9.64 Å². The predicted molar refractivity (Wildman–Crippen MR) is 110 cm³/mol. The Balaban J connectivity index is 1.84. The van der Waals surface area contributed by atoms with Gasteiger partial charge in [-0.15, -0.1) is 0 Å². The number of hydrogen-bond acceptors (Lipinski definition) is 3. The minimum atomic E-state index is -4.49. The lowest BCUT2D eigenvalue weighted by atomic mass is 9.92. The topological polar surface area (TPSA) is 32.8 Å². The molecule has 0 spiro atoms. The quantitative estimate of drug-likeness (QED) is 0.618. The molecular weight excluding hydrogens is 393 g/mol. The molecule has 0 N–H and O–H groups in total. The Bertz CT molecular complexity index is 969. The SMILES string of the molecule is CCC1(CC)Oc2cc(C(F)(F)F)ccc2N(c2cccc(N3CCC3C)c2)C1=O. The maximum Gasteiger partial charge on any atom is 0.416 e. The van der Waals surface area contributed by atoms with E-state index in [4.69, 9.17) is 4.74 Å². The summed E-state index contributed by atoms with van der Waals surface area (Å²) in [4.78, 5) is 17.3. The van der Waals surface area contributed by atoms with E-state index in [-0.39, 0.29) is 11.7 Å². The molecule has 1 unspecified atom stereocenters. The Kier molecular flexibility index (Phi) is 4.95. The Morgan fingerprint density at radius 3 is 2.37 bits per heavy atom. The fourth-order valence-electron chi connectivity index (χ4n) is 4.19. The van der Waals surface area contributed by atoms with Crippen LogP contribution in [0.3, 0.4) is 0 Å². The lowest BCUT2D eigenvalue weighted by Gasteiger charge is -2.43. The van der Waals surface area contributed by atoms with Gasteiger partial charge in [0.2, 0.25) is 0 Å². The number of carbonyl (C=O) groups is 1. The molecule has 1 atom stereocenters. The van der Waals surface area contributed by atoms with Gasteiger partial charge in [-0.3, -0.25) is 9.69 Å². The average Bonchev–Trinajstić information content (AvgIpc) is 2.71. The highest BCUT2D eigenvalue weighted by molar-refractivity contribution is 6.08. The van der Waals surface area contributed by atoms with Crippen molar-refractivity contribution in [3.05, 3.63) is 48.0 Å². The second-order valence-corrected chi connectivity index (χ2v) is 7.98. The Hall–Kier alpha value is -2.70. The molecule has 0 aliphatic carbocycles. The second kappa shape index (κ2) is 7.22. The van der Waals surface area contributed by atoms with Crippen LogP contribution in [0.1, 0.15) is 45.6 Å². The van der Waals surface area contributed by atoms with Gasteiger partial charge in [-0.2, -0.15) is 13.2 Å². The molecule has 0 radical (unpaired) electrons. The first-order chi connectivity index (χ1) is 14.2. The molecule has 4 nitrogen and oxygen atoms in total. The summed E-state index contributed by atoms with van der Waals surface area (Å²) in [5.74, 6) is -0.176. The van der Waals surface area contributed by atoms with Gasteiger partial charge in [0.15, 0.2) is 5.60 Å². The van der Waals surface area contributed by atoms with E-state index in [1.165, 1.54) is 11.0 Å². The average molecular weight is 418 g/mol. The van der Waals surface area contributed by atoms with Crippen molar-refractivity contribution in [1.82, 2.24) is 0 Å². The minimum absolute atomic E-state index is 0.0795. The zero-order chi connectivity index (χ0) is 21.7. The Labute approximate surface area is 174 Å². The molecule has 1 amide bonds. The van der Waals surface area contributed by atoms with Gasteiger partial charge in [0.1, 0.15) is 5.75 Å². The van der Waals surface area contributed by atoms with Gasteiger partial charge in [0.05, 0.1) is 16.9 Å². The third kappa shape index (κ3) is 3.20. The molecule has 2 aromatic rings. The van der Waals surface area contributed by atoms with Crippen LogP contribution >= 0.6 is 0 Å². The molecule has 2 aliphatic rings. The third-order valence-electron chi connectivity index (χ3n) is 6.31. The standard InChI is InChI=1S/C23H25F3N2O2/c1-4-22(5-2)21(29)28(18-8-6-7-17(14-18)27-12-11-15(27)3)19-10-9-16(23(24,25)26)13-20(19)30-22/h6-10,13-15H,4-5,11-12H2,1-3H3. The number of nitrogens with zero attached hydrogens (tertiary/aromatic N) is 2. The van der Waals surface area contributed by atoms with Crippen molar-refractivity contribution >= 4 is 23.0 Å². The fraction of sp³-hybridized carbons (Fsp3) is 0.435. The summed E-state index contributed by atoms with van der Waals surface area (Å²) in [7, 11) is 0. The summed E-state index contributed by atoms with van der Waals surface area (Å²) in [5.41, 5.74) is -0.0268. The number of ether oxygens (including phenoxy) is 1. The van der Waals surface area contributed by atoms with Crippen LogP contribution in [0.5, 0.6) is 5.75 Å². The molecule has 0 saturated carbocycles. The monoisotopic (exact) mass is 418 g/mol. The number of halogens is 3. The van der Waals surface area contributed by atoms with E-state index in [1.54, 1.807) is 0 Å². The third-order valence-corrected chi connectivity index (χ3v) is 6.31. The van der Waals surface area contributed by atoms with E-state index in [1.807, 2.05) is 38.1 Å². The minimum Gasteiger partial charge on any atom is -0.475 e. The van der Waals surface area contributed by atoms with E-state index in [0.717, 1.165) is 30.8 Å². The van der Waals surface area contributed by atoms with Crippen LogP contribution in [-0.4, -0.2) is 24.1 Å². The highest BCUT2D eigenvalue weighted by Gasteiger charge is 2.47. The number of alkyl halides is 3. The van der Waals surface area contributed by atoms with Crippen LogP contribution in [0.4, 0.5) is 30.2 Å². The van der Waals surface area contributed by atoms with Crippen LogP contribution < -0.4 is 14.5 Å². The van der Waals surface area contributed by atoms with Crippen LogP contribution in [0.2, 0.25) is 0 Å². The number of hydrogen-bond donors (Lipinski definition) is 0. The van der Waals surface area contributed by atoms with Crippen LogP contribution in [0.25, 0.3) is 0 Å². The summed E-state index contributed by atoms with van der Waals surface area (Å²) >= 11 is 0. The number of rotatable bonds is 4. The van der Waals surface area contributed by atoms with Crippen molar-refractivity contribution in [3.63, 3.8) is 0 Å². The zero-order valence-electron chi connectivity index (χ0n) is 17.3. The summed E-state index contributed by atoms with van der Waals surface area (Å²) in [5, 5.41) is 0. The van der Waals surface area contributed by atoms with Gasteiger partial charge >= 0.3 is 6.18 Å². The van der Waals surface area contributed by atoms with Crippen LogP contribution in [0.15, 0.2) is 42.5 Å². The molecule has 2 aromatic carbocycles. The molecule has 2 heterocycles. The van der Waals surface area contributed by atoms with Crippen molar-refractivity contribution in [2.45, 2.75) is 57.9 Å². The van der Waals surface area contributed by atoms with Crippen molar-refractivity contribution in [2.24, 2.45) is 0 Å². The number of anilines is 3. The maximum atomic E-state index is 13.5. The first kappa shape index (κ1) is 20.6. The lowest BCUT2D eigenvalue weighted by Crippen LogP contribution is -2.54. The molecule has 4 rings (SSSR count). The van der Waals surface area contributed by atoms with Gasteiger partial charge in [-0.1, -0.05) is 19.9 Å². The largest absolute Gasteiger partial charge is 0.475 e. The van der Waals surface area contributed by atoms with Gasteiger partial charge in [-0.05, 0) is 62.6 Å². The fourth-order valence-corrected chi connectivity index (χ4v) is 4.19. The molecule has 1 fully saturated rings. The van der Waals surface area contributed by atoms with E-state index in [0.29, 0.717) is 30.3 Å². The molecule has 2 aliphatic heterocycles. The summed E-state index contributed by atoms with van der Waals surface area (Å²) < 4.78 is 45.8. The molecule has 30 heavy (non-hydrogen) atoms. The van der Waals surface area contributed by atoms with Crippen molar-refractivity contribution in [2.75, 3.05) is 16.3 Å². The number of benzene rings is 2. The van der Waals surface area contributed by atoms with E-state index in [2.05, 4.69) is 11.8 Å². The number of amides is 1. The van der Waals surface area contributed by atoms with E-state index in [9.17, 15) is 18.0 Å². The van der Waals surface area contributed by atoms with Crippen molar-refractivity contribution in [3.8, 4) is 5.75 Å². The predicted octanol–water partition coefficient (Wildman–Crippen LogP) is 5.92. The van der Waals surface area contributed by atoms with Crippen molar-refractivity contribution < 1.29 is 22.7 Å². The van der Waals surface area contributed by atoms with E-state index >= 15 is 0 Å². The highest BCUT2D eigenvalue weighted by atomic mass is 19.4. The Morgan fingerprint density at radius 1 is 1.10 bits per heavy atom. The molecular formula is C23H25F3N2O2. The van der Waals surface area contributed by atoms with Gasteiger partial charge in [-0.25, -0.2) is 0 Å². The number of fused-ring (bicyclic) bond motifs is 1. The maximum absolute atomic E-state index is 13.5. The highest BCUT2D eigenvalue weighted by Crippen LogP contribution is 2.47. The van der Waals surface area contributed by atoms with Crippen LogP contribution in [0, 0.1) is 0 Å². The summed E-state index contributed by atoms with van der Waals surface area (Å²) in [6.07, 6.45) is -2.66. The van der Waals surface area contributed by atoms with Crippen molar-refractivity contribution in [1.29, 1.82) is 0 Å². The zero-order valence-corrected chi connectivity index (χ0v) is 17.3. The number of carbonyl (C=O) groups excluding carboxylic acids is 1. The Morgan fingerprint density at radius 2 is 1.80 bits per heavy atom. The second-order valence-electron chi connectivity index (χ2n) is 7.98. The molecule has 0 bridgehead atoms. The lowest BCUT2D eigenvalue weighted by molar-refractivity contribution is -0.138. The van der Waals surface area contributed by atoms with Gasteiger partial charge in [0, 0.05) is 18.3 Å². The summed E-state index contributed by atoms with van der Waals surface area (Å²) in [6, 6.07) is 11.3. The van der Waals surface area contributed by atoms with Gasteiger partial charge in [0.25, 0.3) is 5.91 Å².